The summed E-state index contributed by atoms with van der Waals surface area (Å²) in [5, 5.41) is 5.28. The molecule has 23 heavy (non-hydrogen) atoms. The standard InChI is InChI=1S/C20H20N2O/c21-19(13-15-7-2-1-3-8-15)20(23)22-14-17-11-6-10-16-9-4-5-12-18(16)17/h1-12,19H,13-14,21H2,(H,22,23). The second kappa shape index (κ2) is 7.07. The van der Waals surface area contributed by atoms with Gasteiger partial charge < -0.3 is 11.1 Å². The van der Waals surface area contributed by atoms with E-state index in [0.717, 1.165) is 16.5 Å². The van der Waals surface area contributed by atoms with Crippen molar-refractivity contribution in [1.82, 2.24) is 5.32 Å². The van der Waals surface area contributed by atoms with Crippen LogP contribution < -0.4 is 11.1 Å². The van der Waals surface area contributed by atoms with Gasteiger partial charge in [-0.05, 0) is 28.3 Å². The fourth-order valence-electron chi connectivity index (χ4n) is 2.72. The monoisotopic (exact) mass is 304 g/mol. The van der Waals surface area contributed by atoms with E-state index < -0.39 is 6.04 Å². The van der Waals surface area contributed by atoms with Crippen LogP contribution in [0.4, 0.5) is 0 Å². The minimum absolute atomic E-state index is 0.123. The fourth-order valence-corrected chi connectivity index (χ4v) is 2.72. The lowest BCUT2D eigenvalue weighted by Gasteiger charge is -2.13. The summed E-state index contributed by atoms with van der Waals surface area (Å²) in [6.45, 7) is 0.489. The summed E-state index contributed by atoms with van der Waals surface area (Å²) < 4.78 is 0. The van der Waals surface area contributed by atoms with Gasteiger partial charge in [0.1, 0.15) is 0 Å². The van der Waals surface area contributed by atoms with Gasteiger partial charge in [0.25, 0.3) is 0 Å². The molecule has 3 heteroatoms. The van der Waals surface area contributed by atoms with Crippen molar-refractivity contribution in [3.63, 3.8) is 0 Å². The summed E-state index contributed by atoms with van der Waals surface area (Å²) in [6.07, 6.45) is 0.544. The second-order valence-electron chi connectivity index (χ2n) is 5.65. The van der Waals surface area contributed by atoms with Crippen molar-refractivity contribution in [2.24, 2.45) is 5.73 Å². The average Bonchev–Trinajstić information content (AvgIpc) is 2.60. The predicted octanol–water partition coefficient (Wildman–Crippen LogP) is 3.03. The molecule has 3 nitrogen and oxygen atoms in total. The van der Waals surface area contributed by atoms with Crippen molar-refractivity contribution in [1.29, 1.82) is 0 Å². The van der Waals surface area contributed by atoms with Crippen LogP contribution in [-0.4, -0.2) is 11.9 Å². The third kappa shape index (κ3) is 3.76. The molecule has 3 N–H and O–H groups in total. The topological polar surface area (TPSA) is 55.1 Å². The minimum Gasteiger partial charge on any atom is -0.351 e. The van der Waals surface area contributed by atoms with Crippen molar-refractivity contribution < 1.29 is 4.79 Å². The van der Waals surface area contributed by atoms with Gasteiger partial charge in [-0.25, -0.2) is 0 Å². The summed E-state index contributed by atoms with van der Waals surface area (Å²) >= 11 is 0. The van der Waals surface area contributed by atoms with Crippen molar-refractivity contribution in [3.05, 3.63) is 83.9 Å². The van der Waals surface area contributed by atoms with E-state index >= 15 is 0 Å². The van der Waals surface area contributed by atoms with E-state index in [1.807, 2.05) is 54.6 Å². The number of carbonyl (C=O) groups excluding carboxylic acids is 1. The van der Waals surface area contributed by atoms with Crippen molar-refractivity contribution in [2.45, 2.75) is 19.0 Å². The molecule has 0 bridgehead atoms. The first-order chi connectivity index (χ1) is 11.2. The number of nitrogens with two attached hydrogens (primary N) is 1. The molecule has 0 aliphatic rings. The molecule has 0 radical (unpaired) electrons. The Labute approximate surface area is 136 Å². The number of benzene rings is 3. The Kier molecular flexibility index (Phi) is 4.69. The first-order valence-electron chi connectivity index (χ1n) is 7.78. The number of rotatable bonds is 5. The van der Waals surface area contributed by atoms with E-state index in [1.54, 1.807) is 0 Å². The van der Waals surface area contributed by atoms with E-state index in [9.17, 15) is 4.79 Å². The van der Waals surface area contributed by atoms with E-state index in [2.05, 4.69) is 23.5 Å². The van der Waals surface area contributed by atoms with Gasteiger partial charge in [0.15, 0.2) is 0 Å². The highest BCUT2D eigenvalue weighted by Crippen LogP contribution is 2.18. The third-order valence-electron chi connectivity index (χ3n) is 3.97. The summed E-state index contributed by atoms with van der Waals surface area (Å²) in [4.78, 5) is 12.2. The first-order valence-corrected chi connectivity index (χ1v) is 7.78. The van der Waals surface area contributed by atoms with Crippen LogP contribution in [0.15, 0.2) is 72.8 Å². The molecule has 3 rings (SSSR count). The van der Waals surface area contributed by atoms with E-state index in [-0.39, 0.29) is 5.91 Å². The average molecular weight is 304 g/mol. The molecule has 3 aromatic carbocycles. The molecule has 0 aliphatic heterocycles. The Morgan fingerprint density at radius 2 is 1.61 bits per heavy atom. The molecular weight excluding hydrogens is 284 g/mol. The third-order valence-corrected chi connectivity index (χ3v) is 3.97. The molecule has 1 unspecified atom stereocenters. The smallest absolute Gasteiger partial charge is 0.237 e. The Morgan fingerprint density at radius 1 is 0.913 bits per heavy atom. The maximum Gasteiger partial charge on any atom is 0.237 e. The zero-order chi connectivity index (χ0) is 16.1. The molecule has 0 heterocycles. The van der Waals surface area contributed by atoms with Crippen LogP contribution in [0.25, 0.3) is 10.8 Å². The van der Waals surface area contributed by atoms with Crippen LogP contribution >= 0.6 is 0 Å². The van der Waals surface area contributed by atoms with Crippen molar-refractivity contribution >= 4 is 16.7 Å². The lowest BCUT2D eigenvalue weighted by Crippen LogP contribution is -2.41. The Hall–Kier alpha value is -2.65. The Balaban J connectivity index is 1.64. The fraction of sp³-hybridized carbons (Fsp3) is 0.150. The summed E-state index contributed by atoms with van der Waals surface area (Å²) in [5.74, 6) is -0.123. The van der Waals surface area contributed by atoms with Crippen LogP contribution in [0, 0.1) is 0 Å². The van der Waals surface area contributed by atoms with E-state index in [0.29, 0.717) is 13.0 Å². The molecule has 0 aliphatic carbocycles. The molecule has 0 spiro atoms. The highest BCUT2D eigenvalue weighted by molar-refractivity contribution is 5.86. The normalized spacial score (nSPS) is 12.0. The molecule has 1 amide bonds. The summed E-state index contributed by atoms with van der Waals surface area (Å²) in [5.41, 5.74) is 8.18. The Bertz CT molecular complexity index is 794. The largest absolute Gasteiger partial charge is 0.351 e. The number of amides is 1. The molecule has 0 saturated carbocycles. The maximum absolute atomic E-state index is 12.2. The SMILES string of the molecule is NC(Cc1ccccc1)C(=O)NCc1cccc2ccccc12. The quantitative estimate of drug-likeness (QED) is 0.761. The highest BCUT2D eigenvalue weighted by atomic mass is 16.2. The number of hydrogen-bond acceptors (Lipinski definition) is 2. The predicted molar refractivity (Wildman–Crippen MR) is 93.9 cm³/mol. The van der Waals surface area contributed by atoms with Gasteiger partial charge in [0.2, 0.25) is 5.91 Å². The van der Waals surface area contributed by atoms with Crippen LogP contribution in [-0.2, 0) is 17.8 Å². The summed E-state index contributed by atoms with van der Waals surface area (Å²) in [6, 6.07) is 23.6. The number of hydrogen-bond donors (Lipinski definition) is 2. The zero-order valence-corrected chi connectivity index (χ0v) is 12.9. The van der Waals surface area contributed by atoms with Crippen LogP contribution in [0.2, 0.25) is 0 Å². The van der Waals surface area contributed by atoms with Crippen LogP contribution in [0.5, 0.6) is 0 Å². The molecule has 0 aromatic heterocycles. The van der Waals surface area contributed by atoms with Crippen LogP contribution in [0.3, 0.4) is 0 Å². The van der Waals surface area contributed by atoms with Gasteiger partial charge in [-0.3, -0.25) is 4.79 Å². The van der Waals surface area contributed by atoms with E-state index in [1.165, 1.54) is 5.39 Å². The van der Waals surface area contributed by atoms with Gasteiger partial charge in [-0.2, -0.15) is 0 Å². The molecule has 0 fully saturated rings. The molecule has 0 saturated heterocycles. The second-order valence-corrected chi connectivity index (χ2v) is 5.65. The number of fused-ring (bicyclic) bond motifs is 1. The number of nitrogens with one attached hydrogen (secondary N) is 1. The lowest BCUT2D eigenvalue weighted by molar-refractivity contribution is -0.122. The van der Waals surface area contributed by atoms with Gasteiger partial charge >= 0.3 is 0 Å². The molecule has 3 aromatic rings. The highest BCUT2D eigenvalue weighted by Gasteiger charge is 2.14. The van der Waals surface area contributed by atoms with Gasteiger partial charge in [0.05, 0.1) is 6.04 Å². The maximum atomic E-state index is 12.2. The van der Waals surface area contributed by atoms with Crippen LogP contribution in [0.1, 0.15) is 11.1 Å². The Morgan fingerprint density at radius 3 is 2.43 bits per heavy atom. The molecule has 1 atom stereocenters. The zero-order valence-electron chi connectivity index (χ0n) is 12.9. The van der Waals surface area contributed by atoms with Gasteiger partial charge in [0, 0.05) is 6.54 Å². The van der Waals surface area contributed by atoms with E-state index in [4.69, 9.17) is 5.73 Å². The van der Waals surface area contributed by atoms with Crippen molar-refractivity contribution in [2.75, 3.05) is 0 Å². The first kappa shape index (κ1) is 15.3. The van der Waals surface area contributed by atoms with Crippen molar-refractivity contribution in [3.8, 4) is 0 Å². The lowest BCUT2D eigenvalue weighted by atomic mass is 10.0. The van der Waals surface area contributed by atoms with Gasteiger partial charge in [-0.1, -0.05) is 72.8 Å². The van der Waals surface area contributed by atoms with Gasteiger partial charge in [-0.15, -0.1) is 0 Å². The number of carbonyl (C=O) groups is 1. The molecular formula is C20H20N2O. The molecule has 116 valence electrons. The minimum atomic E-state index is -0.535. The summed E-state index contributed by atoms with van der Waals surface area (Å²) in [7, 11) is 0.